The van der Waals surface area contributed by atoms with E-state index in [2.05, 4.69) is 11.8 Å². The van der Waals surface area contributed by atoms with Crippen LogP contribution in [0.15, 0.2) is 76.5 Å². The predicted molar refractivity (Wildman–Crippen MR) is 122 cm³/mol. The van der Waals surface area contributed by atoms with Gasteiger partial charge in [-0.3, -0.25) is 4.79 Å². The number of halogens is 3. The Kier molecular flexibility index (Phi) is 7.56. The average molecular weight is 539 g/mol. The maximum absolute atomic E-state index is 12.7. The van der Waals surface area contributed by atoms with Crippen LogP contribution < -0.4 is 9.86 Å². The van der Waals surface area contributed by atoms with Crippen molar-refractivity contribution in [3.63, 3.8) is 0 Å². The lowest BCUT2D eigenvalue weighted by Crippen LogP contribution is -2.32. The maximum Gasteiger partial charge on any atom is 0.416 e. The first-order valence-electron chi connectivity index (χ1n) is 9.84. The van der Waals surface area contributed by atoms with E-state index in [4.69, 9.17) is 5.14 Å². The zero-order valence-electron chi connectivity index (χ0n) is 18.1. The van der Waals surface area contributed by atoms with Crippen molar-refractivity contribution in [3.05, 3.63) is 94.5 Å². The minimum absolute atomic E-state index is 0.143. The van der Waals surface area contributed by atoms with Gasteiger partial charge in [0.2, 0.25) is 10.0 Å². The second kappa shape index (κ2) is 10.1. The monoisotopic (exact) mass is 538 g/mol. The van der Waals surface area contributed by atoms with Crippen LogP contribution in [0.2, 0.25) is 0 Å². The first-order chi connectivity index (χ1) is 16.7. The highest BCUT2D eigenvalue weighted by Crippen LogP contribution is 2.29. The summed E-state index contributed by atoms with van der Waals surface area (Å²) >= 11 is 0. The molecule has 0 aliphatic carbocycles. The third-order valence-electron chi connectivity index (χ3n) is 4.76. The number of aliphatic hydroxyl groups excluding tert-OH is 1. The fraction of sp³-hybridized carbons (Fsp3) is 0.0870. The molecule has 0 fully saturated rings. The molecule has 0 saturated heterocycles. The lowest BCUT2D eigenvalue weighted by molar-refractivity contribution is -0.137. The van der Waals surface area contributed by atoms with Crippen molar-refractivity contribution < 1.29 is 39.9 Å². The van der Waals surface area contributed by atoms with Crippen LogP contribution in [0.5, 0.6) is 0 Å². The molecule has 0 aliphatic rings. The number of amides is 1. The molecule has 0 atom stereocenters. The Morgan fingerprint density at radius 1 is 0.917 bits per heavy atom. The zero-order chi connectivity index (χ0) is 26.7. The van der Waals surface area contributed by atoms with E-state index in [1.807, 2.05) is 0 Å². The van der Waals surface area contributed by atoms with Gasteiger partial charge in [-0.25, -0.2) is 26.7 Å². The summed E-state index contributed by atoms with van der Waals surface area (Å²) in [5.41, 5.74) is -0.356. The fourth-order valence-electron chi connectivity index (χ4n) is 3.01. The predicted octanol–water partition coefficient (Wildman–Crippen LogP) is 2.36. The molecule has 188 valence electrons. The molecule has 0 aliphatic heterocycles. The van der Waals surface area contributed by atoms with E-state index in [0.29, 0.717) is 0 Å². The lowest BCUT2D eigenvalue weighted by Gasteiger charge is -2.11. The van der Waals surface area contributed by atoms with Gasteiger partial charge in [-0.15, -0.1) is 0 Å². The zero-order valence-corrected chi connectivity index (χ0v) is 19.7. The summed E-state index contributed by atoms with van der Waals surface area (Å²) in [6, 6.07) is 12.3. The first-order valence-corrected chi connectivity index (χ1v) is 12.9. The first kappa shape index (κ1) is 26.9. The Labute approximate surface area is 204 Å². The normalized spacial score (nSPS) is 11.9. The minimum atomic E-state index is -4.64. The number of benzene rings is 3. The van der Waals surface area contributed by atoms with E-state index in [1.165, 1.54) is 42.5 Å². The molecule has 0 saturated carbocycles. The van der Waals surface area contributed by atoms with Crippen molar-refractivity contribution in [3.8, 4) is 11.8 Å². The van der Waals surface area contributed by atoms with Crippen LogP contribution >= 0.6 is 0 Å². The molecule has 0 unspecified atom stereocenters. The van der Waals surface area contributed by atoms with Gasteiger partial charge in [0.25, 0.3) is 15.9 Å². The van der Waals surface area contributed by atoms with Crippen molar-refractivity contribution in [1.82, 2.24) is 4.72 Å². The molecule has 0 radical (unpaired) electrons. The number of carbonyl (C=O) groups excluding carboxylic acids is 1. The molecule has 8 nitrogen and oxygen atoms in total. The third kappa shape index (κ3) is 6.29. The van der Waals surface area contributed by atoms with Crippen molar-refractivity contribution >= 4 is 26.0 Å². The number of alkyl halides is 3. The van der Waals surface area contributed by atoms with Crippen LogP contribution in [0.3, 0.4) is 0 Å². The van der Waals surface area contributed by atoms with E-state index < -0.39 is 54.1 Å². The van der Waals surface area contributed by atoms with E-state index in [1.54, 1.807) is 4.72 Å². The molecule has 0 aromatic heterocycles. The van der Waals surface area contributed by atoms with Crippen LogP contribution in [0, 0.1) is 11.8 Å². The summed E-state index contributed by atoms with van der Waals surface area (Å²) in [4.78, 5) is 11.2. The number of hydrogen-bond donors (Lipinski definition) is 3. The van der Waals surface area contributed by atoms with Gasteiger partial charge in [0.15, 0.2) is 0 Å². The highest BCUT2D eigenvalue weighted by Gasteiger charge is 2.30. The van der Waals surface area contributed by atoms with Crippen LogP contribution in [0.1, 0.15) is 32.6 Å². The Hall–Kier alpha value is -3.70. The second-order valence-corrected chi connectivity index (χ2v) is 10.5. The van der Waals surface area contributed by atoms with Crippen LogP contribution in [-0.4, -0.2) is 27.8 Å². The molecule has 36 heavy (non-hydrogen) atoms. The van der Waals surface area contributed by atoms with Crippen molar-refractivity contribution in [2.24, 2.45) is 5.14 Å². The highest BCUT2D eigenvalue weighted by molar-refractivity contribution is 7.92. The smallest absolute Gasteiger partial charge is 0.392 e. The molecule has 3 aromatic carbocycles. The standard InChI is InChI=1S/C23H17F3N2O6S2/c24-23(25,26)19-11-6-15(7-12-19)5-8-16-9-10-17(13-18(16)14-29)22(30)28-36(33,34)21-4-2-1-3-20(21)35(27,31)32/h1-4,6-7,9-13,29H,14H2,(H,28,30)(H2,27,31,32). The molecular weight excluding hydrogens is 521 g/mol. The minimum Gasteiger partial charge on any atom is -0.392 e. The number of sulfonamides is 2. The van der Waals surface area contributed by atoms with Gasteiger partial charge in [0.05, 0.1) is 12.2 Å². The summed E-state index contributed by atoms with van der Waals surface area (Å²) in [7, 11) is -9.05. The van der Waals surface area contributed by atoms with Crippen LogP contribution in [0.25, 0.3) is 0 Å². The van der Waals surface area contributed by atoms with Gasteiger partial charge >= 0.3 is 6.18 Å². The number of primary sulfonamides is 1. The van der Waals surface area contributed by atoms with Gasteiger partial charge in [-0.1, -0.05) is 24.0 Å². The number of aliphatic hydroxyl groups is 1. The van der Waals surface area contributed by atoms with Crippen LogP contribution in [-0.2, 0) is 32.8 Å². The molecule has 0 spiro atoms. The van der Waals surface area contributed by atoms with Crippen LogP contribution in [0.4, 0.5) is 13.2 Å². The number of rotatable bonds is 5. The highest BCUT2D eigenvalue weighted by atomic mass is 32.2. The Morgan fingerprint density at radius 3 is 2.08 bits per heavy atom. The van der Waals surface area contributed by atoms with E-state index in [9.17, 15) is 39.9 Å². The number of carbonyl (C=O) groups is 1. The van der Waals surface area contributed by atoms with Gasteiger partial charge < -0.3 is 5.11 Å². The maximum atomic E-state index is 12.7. The fourth-order valence-corrected chi connectivity index (χ4v) is 5.37. The van der Waals surface area contributed by atoms with E-state index >= 15 is 0 Å². The summed E-state index contributed by atoms with van der Waals surface area (Å²) in [6.07, 6.45) is -4.49. The van der Waals surface area contributed by atoms with Gasteiger partial charge in [0.1, 0.15) is 9.79 Å². The topological polar surface area (TPSA) is 144 Å². The molecule has 0 bridgehead atoms. The molecule has 3 rings (SSSR count). The van der Waals surface area contributed by atoms with E-state index in [0.717, 1.165) is 24.3 Å². The van der Waals surface area contributed by atoms with Gasteiger partial charge in [-0.2, -0.15) is 13.2 Å². The van der Waals surface area contributed by atoms with Gasteiger partial charge in [0, 0.05) is 16.7 Å². The molecule has 3 aromatic rings. The van der Waals surface area contributed by atoms with Crippen molar-refractivity contribution in [2.45, 2.75) is 22.6 Å². The summed E-state index contributed by atoms with van der Waals surface area (Å²) < 4.78 is 88.5. The number of nitrogens with two attached hydrogens (primary N) is 1. The molecule has 0 heterocycles. The van der Waals surface area contributed by atoms with Crippen molar-refractivity contribution in [2.75, 3.05) is 0 Å². The molecule has 13 heteroatoms. The summed E-state index contributed by atoms with van der Waals surface area (Å²) in [5.74, 6) is 4.22. The van der Waals surface area contributed by atoms with Crippen molar-refractivity contribution in [1.29, 1.82) is 0 Å². The second-order valence-electron chi connectivity index (χ2n) is 7.28. The molecule has 4 N–H and O–H groups in total. The quantitative estimate of drug-likeness (QED) is 0.426. The molecular formula is C23H17F3N2O6S2. The lowest BCUT2D eigenvalue weighted by atomic mass is 10.0. The Morgan fingerprint density at radius 2 is 1.53 bits per heavy atom. The SMILES string of the molecule is NS(=O)(=O)c1ccccc1S(=O)(=O)NC(=O)c1ccc(C#Cc2ccc(C(F)(F)F)cc2)c(CO)c1. The number of nitrogens with one attached hydrogen (secondary N) is 1. The number of hydrogen-bond acceptors (Lipinski definition) is 6. The average Bonchev–Trinajstić information content (AvgIpc) is 2.81. The van der Waals surface area contributed by atoms with Gasteiger partial charge in [-0.05, 0) is 60.2 Å². The molecule has 1 amide bonds. The van der Waals surface area contributed by atoms with E-state index in [-0.39, 0.29) is 22.3 Å². The largest absolute Gasteiger partial charge is 0.416 e. The third-order valence-corrected chi connectivity index (χ3v) is 7.25. The Bertz CT molecular complexity index is 1590. The Balaban J connectivity index is 1.86. The summed E-state index contributed by atoms with van der Waals surface area (Å²) in [5, 5.41) is 14.7. The summed E-state index contributed by atoms with van der Waals surface area (Å²) in [6.45, 7) is -0.584.